The SMILES string of the molecule is Cc1cc(N2CCN(Cc3c(F)cncc3F)CC2)ncn1. The molecule has 3 heterocycles. The maximum Gasteiger partial charge on any atom is 0.148 e. The molecule has 1 saturated heterocycles. The molecule has 3 rings (SSSR count). The summed E-state index contributed by atoms with van der Waals surface area (Å²) in [6.45, 7) is 5.18. The molecule has 1 aliphatic rings. The van der Waals surface area contributed by atoms with Crippen LogP contribution in [-0.2, 0) is 6.54 Å². The molecule has 1 aliphatic heterocycles. The Morgan fingerprint density at radius 2 is 1.73 bits per heavy atom. The number of halogens is 2. The third-order valence-electron chi connectivity index (χ3n) is 3.82. The van der Waals surface area contributed by atoms with Crippen molar-refractivity contribution in [3.63, 3.8) is 0 Å². The fourth-order valence-corrected chi connectivity index (χ4v) is 2.56. The minimum absolute atomic E-state index is 0.0846. The maximum atomic E-state index is 13.6. The van der Waals surface area contributed by atoms with Crippen LogP contribution in [0.25, 0.3) is 0 Å². The Morgan fingerprint density at radius 1 is 1.05 bits per heavy atom. The van der Waals surface area contributed by atoms with E-state index < -0.39 is 11.6 Å². The van der Waals surface area contributed by atoms with Crippen LogP contribution < -0.4 is 4.90 Å². The zero-order valence-electron chi connectivity index (χ0n) is 12.3. The van der Waals surface area contributed by atoms with Gasteiger partial charge in [-0.2, -0.15) is 0 Å². The minimum atomic E-state index is -0.589. The summed E-state index contributed by atoms with van der Waals surface area (Å²) >= 11 is 0. The highest BCUT2D eigenvalue weighted by molar-refractivity contribution is 5.39. The molecule has 0 N–H and O–H groups in total. The predicted molar refractivity (Wildman–Crippen MR) is 78.4 cm³/mol. The van der Waals surface area contributed by atoms with Gasteiger partial charge in [0, 0.05) is 50.0 Å². The number of rotatable bonds is 3. The van der Waals surface area contributed by atoms with Crippen molar-refractivity contribution in [3.05, 3.63) is 47.7 Å². The van der Waals surface area contributed by atoms with Gasteiger partial charge in [-0.05, 0) is 6.92 Å². The lowest BCUT2D eigenvalue weighted by atomic mass is 10.2. The van der Waals surface area contributed by atoms with E-state index in [0.717, 1.165) is 50.1 Å². The van der Waals surface area contributed by atoms with Crippen molar-refractivity contribution in [1.82, 2.24) is 19.9 Å². The standard InChI is InChI=1S/C15H17F2N5/c1-11-6-15(20-10-19-11)22-4-2-21(3-5-22)9-12-13(16)7-18-8-14(12)17/h6-8,10H,2-5,9H2,1H3. The fourth-order valence-electron chi connectivity index (χ4n) is 2.56. The lowest BCUT2D eigenvalue weighted by Crippen LogP contribution is -2.46. The number of aryl methyl sites for hydroxylation is 1. The summed E-state index contributed by atoms with van der Waals surface area (Å²) in [6.07, 6.45) is 3.66. The van der Waals surface area contributed by atoms with Gasteiger partial charge in [0.1, 0.15) is 23.8 Å². The Labute approximate surface area is 127 Å². The van der Waals surface area contributed by atoms with Crippen LogP contribution in [0, 0.1) is 18.6 Å². The lowest BCUT2D eigenvalue weighted by Gasteiger charge is -2.35. The lowest BCUT2D eigenvalue weighted by molar-refractivity contribution is 0.242. The van der Waals surface area contributed by atoms with E-state index in [0.29, 0.717) is 0 Å². The van der Waals surface area contributed by atoms with Crippen molar-refractivity contribution in [3.8, 4) is 0 Å². The van der Waals surface area contributed by atoms with Crippen LogP contribution in [0.2, 0.25) is 0 Å². The van der Waals surface area contributed by atoms with Gasteiger partial charge in [0.15, 0.2) is 0 Å². The molecule has 0 atom stereocenters. The molecule has 0 aliphatic carbocycles. The van der Waals surface area contributed by atoms with Crippen molar-refractivity contribution in [2.75, 3.05) is 31.1 Å². The highest BCUT2D eigenvalue weighted by atomic mass is 19.1. The number of nitrogens with zero attached hydrogens (tertiary/aromatic N) is 5. The third kappa shape index (κ3) is 3.19. The summed E-state index contributed by atoms with van der Waals surface area (Å²) < 4.78 is 27.3. The zero-order chi connectivity index (χ0) is 15.5. The molecule has 1 fully saturated rings. The highest BCUT2D eigenvalue weighted by Gasteiger charge is 2.20. The number of anilines is 1. The van der Waals surface area contributed by atoms with E-state index in [9.17, 15) is 8.78 Å². The normalized spacial score (nSPS) is 16.0. The van der Waals surface area contributed by atoms with Gasteiger partial charge in [-0.15, -0.1) is 0 Å². The number of hydrogen-bond acceptors (Lipinski definition) is 5. The van der Waals surface area contributed by atoms with Crippen molar-refractivity contribution in [1.29, 1.82) is 0 Å². The summed E-state index contributed by atoms with van der Waals surface area (Å²) in [5.41, 5.74) is 1.01. The monoisotopic (exact) mass is 305 g/mol. The molecule has 116 valence electrons. The molecule has 0 amide bonds. The average Bonchev–Trinajstić information content (AvgIpc) is 2.52. The first-order valence-corrected chi connectivity index (χ1v) is 7.17. The van der Waals surface area contributed by atoms with Crippen LogP contribution in [-0.4, -0.2) is 46.0 Å². The molecule has 2 aromatic rings. The Kier molecular flexibility index (Phi) is 4.24. The van der Waals surface area contributed by atoms with E-state index in [2.05, 4.69) is 19.9 Å². The molecule has 0 saturated carbocycles. The highest BCUT2D eigenvalue weighted by Crippen LogP contribution is 2.17. The number of piperazine rings is 1. The Bertz CT molecular complexity index is 636. The molecule has 7 heteroatoms. The molecule has 5 nitrogen and oxygen atoms in total. The topological polar surface area (TPSA) is 45.2 Å². The smallest absolute Gasteiger partial charge is 0.148 e. The molecule has 0 spiro atoms. The van der Waals surface area contributed by atoms with E-state index in [1.54, 1.807) is 6.33 Å². The second kappa shape index (κ2) is 6.31. The summed E-state index contributed by atoms with van der Waals surface area (Å²) in [5.74, 6) is -0.281. The van der Waals surface area contributed by atoms with Crippen LogP contribution in [0.3, 0.4) is 0 Å². The second-order valence-corrected chi connectivity index (χ2v) is 5.36. The molecular weight excluding hydrogens is 288 g/mol. The Balaban J connectivity index is 1.62. The summed E-state index contributed by atoms with van der Waals surface area (Å²) in [4.78, 5) is 16.1. The van der Waals surface area contributed by atoms with E-state index in [1.165, 1.54) is 0 Å². The number of hydrogen-bond donors (Lipinski definition) is 0. The molecule has 0 radical (unpaired) electrons. The van der Waals surface area contributed by atoms with Crippen LogP contribution >= 0.6 is 0 Å². The maximum absolute atomic E-state index is 13.6. The van der Waals surface area contributed by atoms with Crippen LogP contribution in [0.15, 0.2) is 24.8 Å². The van der Waals surface area contributed by atoms with Crippen LogP contribution in [0.4, 0.5) is 14.6 Å². The van der Waals surface area contributed by atoms with E-state index >= 15 is 0 Å². The molecule has 22 heavy (non-hydrogen) atoms. The summed E-state index contributed by atoms with van der Waals surface area (Å²) in [6, 6.07) is 1.94. The van der Waals surface area contributed by atoms with Gasteiger partial charge < -0.3 is 4.90 Å². The average molecular weight is 305 g/mol. The first-order valence-electron chi connectivity index (χ1n) is 7.17. The summed E-state index contributed by atoms with van der Waals surface area (Å²) in [7, 11) is 0. The minimum Gasteiger partial charge on any atom is -0.354 e. The summed E-state index contributed by atoms with van der Waals surface area (Å²) in [5, 5.41) is 0. The molecule has 2 aromatic heterocycles. The van der Waals surface area contributed by atoms with Crippen molar-refractivity contribution in [2.24, 2.45) is 0 Å². The third-order valence-corrected chi connectivity index (χ3v) is 3.82. The van der Waals surface area contributed by atoms with Gasteiger partial charge in [0.2, 0.25) is 0 Å². The Hall–Kier alpha value is -2.15. The number of pyridine rings is 1. The van der Waals surface area contributed by atoms with Crippen molar-refractivity contribution >= 4 is 5.82 Å². The quantitative estimate of drug-likeness (QED) is 0.865. The van der Waals surface area contributed by atoms with Gasteiger partial charge in [0.25, 0.3) is 0 Å². The zero-order valence-corrected chi connectivity index (χ0v) is 12.3. The van der Waals surface area contributed by atoms with E-state index in [-0.39, 0.29) is 12.1 Å². The van der Waals surface area contributed by atoms with E-state index in [4.69, 9.17) is 0 Å². The molecule has 0 bridgehead atoms. The van der Waals surface area contributed by atoms with Gasteiger partial charge in [0.05, 0.1) is 12.4 Å². The second-order valence-electron chi connectivity index (χ2n) is 5.36. The van der Waals surface area contributed by atoms with Crippen LogP contribution in [0.1, 0.15) is 11.3 Å². The fraction of sp³-hybridized carbons (Fsp3) is 0.400. The van der Waals surface area contributed by atoms with Crippen LogP contribution in [0.5, 0.6) is 0 Å². The van der Waals surface area contributed by atoms with Gasteiger partial charge in [-0.25, -0.2) is 18.7 Å². The van der Waals surface area contributed by atoms with Gasteiger partial charge in [-0.3, -0.25) is 9.88 Å². The van der Waals surface area contributed by atoms with Gasteiger partial charge in [-0.1, -0.05) is 0 Å². The number of aromatic nitrogens is 3. The van der Waals surface area contributed by atoms with Gasteiger partial charge >= 0.3 is 0 Å². The largest absolute Gasteiger partial charge is 0.354 e. The van der Waals surface area contributed by atoms with E-state index in [1.807, 2.05) is 17.9 Å². The Morgan fingerprint density at radius 3 is 2.36 bits per heavy atom. The van der Waals surface area contributed by atoms with Crippen molar-refractivity contribution < 1.29 is 8.78 Å². The first kappa shape index (κ1) is 14.8. The molecule has 0 aromatic carbocycles. The molecule has 0 unspecified atom stereocenters. The first-order chi connectivity index (χ1) is 10.6. The predicted octanol–water partition coefficient (Wildman–Crippen LogP) is 1.78. The molecular formula is C15H17F2N5. The van der Waals surface area contributed by atoms with Crippen molar-refractivity contribution in [2.45, 2.75) is 13.5 Å².